The molecular weight excluding hydrogens is 324 g/mol. The lowest BCUT2D eigenvalue weighted by molar-refractivity contribution is -0.138. The van der Waals surface area contributed by atoms with E-state index in [2.05, 4.69) is 20.4 Å². The molecule has 2 aromatic rings. The van der Waals surface area contributed by atoms with Crippen molar-refractivity contribution >= 4 is 12.3 Å². The fourth-order valence-electron chi connectivity index (χ4n) is 3.23. The monoisotopic (exact) mass is 344 g/mol. The maximum absolute atomic E-state index is 10.8. The molecule has 2 unspecified atom stereocenters. The lowest BCUT2D eigenvalue weighted by Gasteiger charge is -2.15. The Morgan fingerprint density at radius 2 is 2.24 bits per heavy atom. The van der Waals surface area contributed by atoms with Crippen LogP contribution < -0.4 is 4.74 Å². The highest BCUT2D eigenvalue weighted by Crippen LogP contribution is 2.32. The van der Waals surface area contributed by atoms with Gasteiger partial charge in [0.15, 0.2) is 0 Å². The second-order valence-electron chi connectivity index (χ2n) is 6.29. The van der Waals surface area contributed by atoms with E-state index in [1.807, 2.05) is 13.0 Å². The number of aryl methyl sites for hydroxylation is 1. The molecule has 132 valence electrons. The molecule has 0 saturated heterocycles. The molecule has 0 radical (unpaired) electrons. The van der Waals surface area contributed by atoms with Crippen LogP contribution in [0.2, 0.25) is 0 Å². The summed E-state index contributed by atoms with van der Waals surface area (Å²) in [4.78, 5) is 26.0. The van der Waals surface area contributed by atoms with E-state index in [-0.39, 0.29) is 24.9 Å². The van der Waals surface area contributed by atoms with Crippen LogP contribution in [0, 0.1) is 12.8 Å². The number of carboxylic acid groups (broad SMARTS) is 1. The maximum atomic E-state index is 10.8. The minimum Gasteiger partial charge on any atom is -0.489 e. The van der Waals surface area contributed by atoms with Crippen LogP contribution in [-0.2, 0) is 16.0 Å². The van der Waals surface area contributed by atoms with E-state index in [9.17, 15) is 9.59 Å². The minimum atomic E-state index is -0.758. The topological polar surface area (TPSA) is 118 Å². The van der Waals surface area contributed by atoms with Crippen LogP contribution in [-0.4, -0.2) is 43.9 Å². The fraction of sp³-hybridized carbons (Fsp3) is 0.471. The van der Waals surface area contributed by atoms with E-state index in [0.29, 0.717) is 22.8 Å². The van der Waals surface area contributed by atoms with Crippen molar-refractivity contribution in [1.82, 2.24) is 20.4 Å². The number of carboxylic acids is 1. The highest BCUT2D eigenvalue weighted by Gasteiger charge is 2.28. The average Bonchev–Trinajstić information content (AvgIpc) is 3.19. The molecule has 1 fully saturated rings. The summed E-state index contributed by atoms with van der Waals surface area (Å²) in [6.45, 7) is 1.85. The number of nitrogens with zero attached hydrogens (tertiary/aromatic N) is 3. The number of aromatic amines is 1. The van der Waals surface area contributed by atoms with E-state index in [0.717, 1.165) is 31.2 Å². The molecule has 0 bridgehead atoms. The molecule has 2 atom stereocenters. The number of H-pyrrole nitrogens is 1. The maximum Gasteiger partial charge on any atom is 0.303 e. The van der Waals surface area contributed by atoms with Crippen LogP contribution in [0.25, 0.3) is 11.4 Å². The lowest BCUT2D eigenvalue weighted by atomic mass is 10.0. The van der Waals surface area contributed by atoms with Crippen molar-refractivity contribution in [3.8, 4) is 17.1 Å². The highest BCUT2D eigenvalue weighted by molar-refractivity contribution is 5.67. The minimum absolute atomic E-state index is 0.0216. The van der Waals surface area contributed by atoms with Crippen molar-refractivity contribution in [1.29, 1.82) is 0 Å². The van der Waals surface area contributed by atoms with Crippen LogP contribution >= 0.6 is 0 Å². The van der Waals surface area contributed by atoms with Crippen molar-refractivity contribution in [3.05, 3.63) is 23.5 Å². The molecule has 25 heavy (non-hydrogen) atoms. The smallest absolute Gasteiger partial charge is 0.303 e. The molecule has 3 rings (SSSR count). The number of hydrogen-bond acceptors (Lipinski definition) is 6. The van der Waals surface area contributed by atoms with Crippen LogP contribution in [0.5, 0.6) is 5.75 Å². The summed E-state index contributed by atoms with van der Waals surface area (Å²) < 4.78 is 6.01. The molecule has 8 nitrogen and oxygen atoms in total. The summed E-state index contributed by atoms with van der Waals surface area (Å²) in [7, 11) is 0. The van der Waals surface area contributed by atoms with Gasteiger partial charge in [0.05, 0.1) is 23.2 Å². The first-order valence-corrected chi connectivity index (χ1v) is 8.26. The van der Waals surface area contributed by atoms with Gasteiger partial charge in [-0.3, -0.25) is 4.79 Å². The van der Waals surface area contributed by atoms with E-state index >= 15 is 0 Å². The van der Waals surface area contributed by atoms with Gasteiger partial charge < -0.3 is 14.6 Å². The van der Waals surface area contributed by atoms with Crippen LogP contribution in [0.15, 0.2) is 12.1 Å². The summed E-state index contributed by atoms with van der Waals surface area (Å²) in [5.74, 6) is 0.104. The zero-order valence-corrected chi connectivity index (χ0v) is 13.9. The first-order valence-electron chi connectivity index (χ1n) is 8.26. The van der Waals surface area contributed by atoms with Gasteiger partial charge >= 0.3 is 5.97 Å². The Morgan fingerprint density at radius 3 is 2.96 bits per heavy atom. The Kier molecular flexibility index (Phi) is 5.06. The molecule has 0 aromatic carbocycles. The third kappa shape index (κ3) is 4.01. The number of aldehydes is 1. The van der Waals surface area contributed by atoms with Crippen LogP contribution in [0.3, 0.4) is 0 Å². The summed E-state index contributed by atoms with van der Waals surface area (Å²) in [5, 5.41) is 19.4. The van der Waals surface area contributed by atoms with Gasteiger partial charge in [-0.1, -0.05) is 0 Å². The Hall–Kier alpha value is -2.77. The zero-order valence-electron chi connectivity index (χ0n) is 13.9. The summed E-state index contributed by atoms with van der Waals surface area (Å²) in [6.07, 6.45) is 3.65. The van der Waals surface area contributed by atoms with Crippen molar-refractivity contribution < 1.29 is 19.4 Å². The van der Waals surface area contributed by atoms with Gasteiger partial charge in [-0.25, -0.2) is 4.98 Å². The summed E-state index contributed by atoms with van der Waals surface area (Å²) in [5.41, 5.74) is 2.47. The van der Waals surface area contributed by atoms with Gasteiger partial charge in [0.25, 0.3) is 0 Å². The number of rotatable bonds is 7. The molecule has 2 aromatic heterocycles. The van der Waals surface area contributed by atoms with Crippen molar-refractivity contribution in [2.45, 2.75) is 45.1 Å². The number of nitrogens with one attached hydrogen (secondary N) is 1. The molecule has 0 aliphatic heterocycles. The molecule has 0 amide bonds. The van der Waals surface area contributed by atoms with Gasteiger partial charge in [0.1, 0.15) is 17.7 Å². The zero-order chi connectivity index (χ0) is 17.8. The predicted molar refractivity (Wildman–Crippen MR) is 88.1 cm³/mol. The van der Waals surface area contributed by atoms with Crippen molar-refractivity contribution in [2.24, 2.45) is 5.92 Å². The first kappa shape index (κ1) is 17.1. The number of carbonyl (C=O) groups excluding carboxylic acids is 1. The van der Waals surface area contributed by atoms with E-state index in [1.54, 1.807) is 6.07 Å². The summed E-state index contributed by atoms with van der Waals surface area (Å²) >= 11 is 0. The second kappa shape index (κ2) is 7.42. The molecule has 8 heteroatoms. The SMILES string of the molecule is Cc1nc(-c2n[nH]nc2CC=O)ccc1OC1CCC(CC(=O)O)C1. The Bertz CT molecular complexity index is 774. The van der Waals surface area contributed by atoms with Crippen molar-refractivity contribution in [2.75, 3.05) is 0 Å². The number of aromatic nitrogens is 4. The van der Waals surface area contributed by atoms with Gasteiger partial charge in [-0.15, -0.1) is 0 Å². The van der Waals surface area contributed by atoms with Crippen LogP contribution in [0.4, 0.5) is 0 Å². The van der Waals surface area contributed by atoms with Gasteiger partial charge in [-0.2, -0.15) is 15.4 Å². The number of hydrogen-bond donors (Lipinski definition) is 2. The molecule has 1 saturated carbocycles. The van der Waals surface area contributed by atoms with Gasteiger partial charge in [0, 0.05) is 12.8 Å². The van der Waals surface area contributed by atoms with Crippen LogP contribution in [0.1, 0.15) is 37.1 Å². The number of aliphatic carboxylic acids is 1. The van der Waals surface area contributed by atoms with E-state index in [1.165, 1.54) is 0 Å². The standard InChI is InChI=1S/C17H20N4O4/c1-10-15(25-12-3-2-11(8-12)9-16(23)24)5-4-13(18-10)17-14(6-7-22)19-21-20-17/h4-5,7,11-12H,2-3,6,8-9H2,1H3,(H,23,24)(H,19,20,21). The Morgan fingerprint density at radius 1 is 1.40 bits per heavy atom. The molecule has 2 N–H and O–H groups in total. The number of ether oxygens (including phenoxy) is 1. The normalized spacial score (nSPS) is 19.7. The van der Waals surface area contributed by atoms with Gasteiger partial charge in [-0.05, 0) is 44.2 Å². The van der Waals surface area contributed by atoms with E-state index in [4.69, 9.17) is 9.84 Å². The molecule has 0 spiro atoms. The predicted octanol–water partition coefficient (Wildman–Crippen LogP) is 1.94. The van der Waals surface area contributed by atoms with Gasteiger partial charge in [0.2, 0.25) is 0 Å². The number of carbonyl (C=O) groups is 2. The summed E-state index contributed by atoms with van der Waals surface area (Å²) in [6, 6.07) is 3.62. The third-order valence-corrected chi connectivity index (χ3v) is 4.43. The molecule has 1 aliphatic carbocycles. The van der Waals surface area contributed by atoms with E-state index < -0.39 is 5.97 Å². The van der Waals surface area contributed by atoms with Crippen molar-refractivity contribution in [3.63, 3.8) is 0 Å². The highest BCUT2D eigenvalue weighted by atomic mass is 16.5. The largest absolute Gasteiger partial charge is 0.489 e. The second-order valence-corrected chi connectivity index (χ2v) is 6.29. The molecule has 1 aliphatic rings. The first-order chi connectivity index (χ1) is 12.1. The third-order valence-electron chi connectivity index (χ3n) is 4.43. The fourth-order valence-corrected chi connectivity index (χ4v) is 3.23. The molecule has 2 heterocycles. The Labute approximate surface area is 144 Å². The quantitative estimate of drug-likeness (QED) is 0.737. The number of pyridine rings is 1. The average molecular weight is 344 g/mol. The lowest BCUT2D eigenvalue weighted by Crippen LogP contribution is -2.14. The molecular formula is C17H20N4O4. The Balaban J connectivity index is 1.69.